The van der Waals surface area contributed by atoms with Gasteiger partial charge in [-0.15, -0.1) is 0 Å². The molecule has 0 saturated heterocycles. The summed E-state index contributed by atoms with van der Waals surface area (Å²) in [5.74, 6) is -0.139. The minimum Gasteiger partial charge on any atom is -0.343 e. The molecule has 0 aliphatic heterocycles. The Morgan fingerprint density at radius 1 is 1.33 bits per heavy atom. The molecule has 2 heterocycles. The number of carbonyl (C=O) groups excluding carboxylic acids is 1. The number of benzene rings is 1. The average Bonchev–Trinajstić information content (AvgIpc) is 2.88. The molecule has 0 atom stereocenters. The Morgan fingerprint density at radius 2 is 2.14 bits per heavy atom. The normalized spacial score (nSPS) is 10.8. The van der Waals surface area contributed by atoms with Gasteiger partial charge < -0.3 is 9.88 Å². The third-order valence-electron chi connectivity index (χ3n) is 3.28. The summed E-state index contributed by atoms with van der Waals surface area (Å²) in [4.78, 5) is 16.7. The molecular formula is C16H14BrN3O. The first-order chi connectivity index (χ1) is 10.2. The van der Waals surface area contributed by atoms with Gasteiger partial charge in [-0.05, 0) is 41.1 Å². The largest absolute Gasteiger partial charge is 0.343 e. The van der Waals surface area contributed by atoms with Crippen LogP contribution in [0.15, 0.2) is 53.3 Å². The van der Waals surface area contributed by atoms with E-state index in [1.807, 2.05) is 54.1 Å². The Morgan fingerprint density at radius 3 is 2.95 bits per heavy atom. The van der Waals surface area contributed by atoms with Gasteiger partial charge in [0.2, 0.25) is 0 Å². The number of carbonyl (C=O) groups is 1. The molecule has 3 aromatic rings. The molecule has 0 aliphatic rings. The maximum absolute atomic E-state index is 12.4. The highest BCUT2D eigenvalue weighted by Crippen LogP contribution is 2.19. The van der Waals surface area contributed by atoms with Gasteiger partial charge in [-0.3, -0.25) is 9.78 Å². The number of amides is 1. The lowest BCUT2D eigenvalue weighted by molar-refractivity contribution is 0.101. The minimum atomic E-state index is -0.139. The number of aryl methyl sites for hydroxylation is 1. The number of hydrogen-bond donors (Lipinski definition) is 1. The standard InChI is InChI=1S/C16H14BrN3O/c1-2-20-10-12(17)8-15(20)16(21)19-13-7-11-5-3-4-6-14(11)18-9-13/h3-10H,2H2,1H3,(H,19,21). The van der Waals surface area contributed by atoms with Crippen LogP contribution in [-0.2, 0) is 6.54 Å². The molecule has 3 rings (SSSR count). The second-order valence-corrected chi connectivity index (χ2v) is 5.62. The third-order valence-corrected chi connectivity index (χ3v) is 3.72. The van der Waals surface area contributed by atoms with E-state index in [0.717, 1.165) is 21.9 Å². The van der Waals surface area contributed by atoms with Crippen molar-refractivity contribution in [2.45, 2.75) is 13.5 Å². The third kappa shape index (κ3) is 2.83. The molecule has 1 amide bonds. The number of nitrogens with zero attached hydrogens (tertiary/aromatic N) is 2. The van der Waals surface area contributed by atoms with E-state index in [2.05, 4.69) is 26.2 Å². The summed E-state index contributed by atoms with van der Waals surface area (Å²) in [6.45, 7) is 2.74. The minimum absolute atomic E-state index is 0.139. The monoisotopic (exact) mass is 343 g/mol. The first-order valence-corrected chi connectivity index (χ1v) is 7.48. The summed E-state index contributed by atoms with van der Waals surface area (Å²) >= 11 is 3.40. The van der Waals surface area contributed by atoms with Gasteiger partial charge in [0.15, 0.2) is 0 Å². The number of anilines is 1. The van der Waals surface area contributed by atoms with Gasteiger partial charge in [0.1, 0.15) is 5.69 Å². The zero-order chi connectivity index (χ0) is 14.8. The Labute approximate surface area is 130 Å². The van der Waals surface area contributed by atoms with E-state index in [-0.39, 0.29) is 5.91 Å². The van der Waals surface area contributed by atoms with Crippen molar-refractivity contribution in [1.29, 1.82) is 0 Å². The van der Waals surface area contributed by atoms with Gasteiger partial charge >= 0.3 is 0 Å². The van der Waals surface area contributed by atoms with Crippen molar-refractivity contribution >= 4 is 38.4 Å². The van der Waals surface area contributed by atoms with Crippen LogP contribution in [0.3, 0.4) is 0 Å². The number of rotatable bonds is 3. The second kappa shape index (κ2) is 5.69. The molecule has 4 nitrogen and oxygen atoms in total. The molecule has 0 bridgehead atoms. The quantitative estimate of drug-likeness (QED) is 0.779. The first-order valence-electron chi connectivity index (χ1n) is 6.69. The number of fused-ring (bicyclic) bond motifs is 1. The number of pyridine rings is 1. The highest BCUT2D eigenvalue weighted by Gasteiger charge is 2.12. The molecule has 0 fully saturated rings. The molecule has 0 saturated carbocycles. The summed E-state index contributed by atoms with van der Waals surface area (Å²) in [6.07, 6.45) is 3.57. The molecule has 0 aliphatic carbocycles. The maximum Gasteiger partial charge on any atom is 0.272 e. The van der Waals surface area contributed by atoms with Crippen molar-refractivity contribution in [3.8, 4) is 0 Å². The summed E-state index contributed by atoms with van der Waals surface area (Å²) in [5, 5.41) is 3.90. The molecule has 5 heteroatoms. The number of aromatic nitrogens is 2. The molecule has 0 spiro atoms. The van der Waals surface area contributed by atoms with Gasteiger partial charge in [-0.1, -0.05) is 18.2 Å². The van der Waals surface area contributed by atoms with Crippen LogP contribution < -0.4 is 5.32 Å². The van der Waals surface area contributed by atoms with Gasteiger partial charge in [0, 0.05) is 22.6 Å². The Balaban J connectivity index is 1.88. The van der Waals surface area contributed by atoms with E-state index >= 15 is 0 Å². The van der Waals surface area contributed by atoms with Crippen molar-refractivity contribution in [2.75, 3.05) is 5.32 Å². The summed E-state index contributed by atoms with van der Waals surface area (Å²) in [6, 6.07) is 11.6. The highest BCUT2D eigenvalue weighted by molar-refractivity contribution is 9.10. The average molecular weight is 344 g/mol. The molecule has 0 radical (unpaired) electrons. The molecule has 0 unspecified atom stereocenters. The SMILES string of the molecule is CCn1cc(Br)cc1C(=O)Nc1cnc2ccccc2c1. The van der Waals surface area contributed by atoms with Crippen molar-refractivity contribution in [3.63, 3.8) is 0 Å². The van der Waals surface area contributed by atoms with E-state index < -0.39 is 0 Å². The van der Waals surface area contributed by atoms with Crippen molar-refractivity contribution in [2.24, 2.45) is 0 Å². The zero-order valence-electron chi connectivity index (χ0n) is 11.5. The van der Waals surface area contributed by atoms with Gasteiger partial charge in [-0.2, -0.15) is 0 Å². The highest BCUT2D eigenvalue weighted by atomic mass is 79.9. The van der Waals surface area contributed by atoms with Crippen LogP contribution in [0.1, 0.15) is 17.4 Å². The summed E-state index contributed by atoms with van der Waals surface area (Å²) in [5.41, 5.74) is 2.23. The van der Waals surface area contributed by atoms with Crippen molar-refractivity contribution in [1.82, 2.24) is 9.55 Å². The lowest BCUT2D eigenvalue weighted by Gasteiger charge is -2.08. The Hall–Kier alpha value is -2.14. The van der Waals surface area contributed by atoms with Crippen LogP contribution in [0.4, 0.5) is 5.69 Å². The lowest BCUT2D eigenvalue weighted by atomic mass is 10.2. The van der Waals surface area contributed by atoms with Crippen LogP contribution in [-0.4, -0.2) is 15.5 Å². The smallest absolute Gasteiger partial charge is 0.272 e. The lowest BCUT2D eigenvalue weighted by Crippen LogP contribution is -2.16. The predicted octanol–water partition coefficient (Wildman–Crippen LogP) is 4.07. The van der Waals surface area contributed by atoms with E-state index in [1.165, 1.54) is 0 Å². The summed E-state index contributed by atoms with van der Waals surface area (Å²) < 4.78 is 2.79. The van der Waals surface area contributed by atoms with Crippen LogP contribution in [0.2, 0.25) is 0 Å². The van der Waals surface area contributed by atoms with Crippen molar-refractivity contribution < 1.29 is 4.79 Å². The zero-order valence-corrected chi connectivity index (χ0v) is 13.1. The fourth-order valence-electron chi connectivity index (χ4n) is 2.26. The van der Waals surface area contributed by atoms with E-state index in [0.29, 0.717) is 11.4 Å². The fourth-order valence-corrected chi connectivity index (χ4v) is 2.73. The molecule has 21 heavy (non-hydrogen) atoms. The molecule has 2 aromatic heterocycles. The van der Waals surface area contributed by atoms with Gasteiger partial charge in [0.25, 0.3) is 5.91 Å². The predicted molar refractivity (Wildman–Crippen MR) is 87.5 cm³/mol. The summed E-state index contributed by atoms with van der Waals surface area (Å²) in [7, 11) is 0. The number of para-hydroxylation sites is 1. The van der Waals surface area contributed by atoms with E-state index in [4.69, 9.17) is 0 Å². The topological polar surface area (TPSA) is 46.9 Å². The van der Waals surface area contributed by atoms with Crippen LogP contribution in [0.25, 0.3) is 10.9 Å². The molecule has 1 aromatic carbocycles. The number of nitrogens with one attached hydrogen (secondary N) is 1. The van der Waals surface area contributed by atoms with Crippen LogP contribution in [0, 0.1) is 0 Å². The number of halogens is 1. The Kier molecular flexibility index (Phi) is 3.75. The van der Waals surface area contributed by atoms with Crippen LogP contribution >= 0.6 is 15.9 Å². The fraction of sp³-hybridized carbons (Fsp3) is 0.125. The Bertz CT molecular complexity index is 810. The molecular weight excluding hydrogens is 330 g/mol. The van der Waals surface area contributed by atoms with Gasteiger partial charge in [0.05, 0.1) is 17.4 Å². The number of hydrogen-bond acceptors (Lipinski definition) is 2. The maximum atomic E-state index is 12.4. The molecule has 106 valence electrons. The first kappa shape index (κ1) is 13.8. The van der Waals surface area contributed by atoms with Crippen LogP contribution in [0.5, 0.6) is 0 Å². The van der Waals surface area contributed by atoms with E-state index in [9.17, 15) is 4.79 Å². The van der Waals surface area contributed by atoms with E-state index in [1.54, 1.807) is 6.20 Å². The molecule has 1 N–H and O–H groups in total. The van der Waals surface area contributed by atoms with Gasteiger partial charge in [-0.25, -0.2) is 0 Å². The van der Waals surface area contributed by atoms with Crippen molar-refractivity contribution in [3.05, 3.63) is 59.0 Å². The second-order valence-electron chi connectivity index (χ2n) is 4.70.